The predicted molar refractivity (Wildman–Crippen MR) is 90.4 cm³/mol. The molecule has 1 rings (SSSR count). The Hall–Kier alpha value is -1.72. The monoisotopic (exact) mass is 379 g/mol. The number of anilines is 1. The molecular weight excluding hydrogens is 358 g/mol. The molecule has 0 aromatic carbocycles. The van der Waals surface area contributed by atoms with E-state index in [0.29, 0.717) is 10.8 Å². The van der Waals surface area contributed by atoms with Crippen LogP contribution in [0.1, 0.15) is 26.5 Å². The van der Waals surface area contributed by atoms with E-state index in [-0.39, 0.29) is 13.1 Å². The summed E-state index contributed by atoms with van der Waals surface area (Å²) in [5.74, 6) is -1.21. The third kappa shape index (κ3) is 6.81. The van der Waals surface area contributed by atoms with E-state index in [0.717, 1.165) is 9.21 Å². The molecule has 0 saturated carbocycles. The fourth-order valence-corrected chi connectivity index (χ4v) is 3.10. The standard InChI is InChI=1S/C13H21N3O6S2/c1-9-8-23-11(14-9)16(24(20)21)6-5-15(7-10(17)18)12(19)22-13(2,3)4/h8H,5-7H2,1-4H3,(H,17,18)(H,20,21). The van der Waals surface area contributed by atoms with Crippen LogP contribution in [0.4, 0.5) is 9.93 Å². The van der Waals surface area contributed by atoms with E-state index in [1.54, 1.807) is 33.1 Å². The number of ether oxygens (including phenoxy) is 1. The molecule has 136 valence electrons. The quantitative estimate of drug-likeness (QED) is 0.692. The topological polar surface area (TPSA) is 120 Å². The molecule has 0 saturated heterocycles. The van der Waals surface area contributed by atoms with Crippen LogP contribution < -0.4 is 4.31 Å². The van der Waals surface area contributed by atoms with Crippen molar-refractivity contribution in [2.75, 3.05) is 23.9 Å². The molecule has 24 heavy (non-hydrogen) atoms. The number of aromatic nitrogens is 1. The number of carbonyl (C=O) groups is 2. The SMILES string of the molecule is Cc1csc(N(CCN(CC(=O)O)C(=O)OC(C)(C)C)S(=O)O)n1. The lowest BCUT2D eigenvalue weighted by atomic mass is 10.2. The van der Waals surface area contributed by atoms with Crippen molar-refractivity contribution >= 4 is 39.8 Å². The van der Waals surface area contributed by atoms with E-state index in [2.05, 4.69) is 4.98 Å². The van der Waals surface area contributed by atoms with Crippen molar-refractivity contribution in [3.8, 4) is 0 Å². The summed E-state index contributed by atoms with van der Waals surface area (Å²) in [6.45, 7) is 5.99. The highest BCUT2D eigenvalue weighted by Gasteiger charge is 2.25. The Morgan fingerprint density at radius 1 is 1.38 bits per heavy atom. The van der Waals surface area contributed by atoms with Crippen molar-refractivity contribution in [2.45, 2.75) is 33.3 Å². The molecule has 9 nitrogen and oxygen atoms in total. The Labute approximate surface area is 146 Å². The van der Waals surface area contributed by atoms with Crippen LogP contribution in [0.5, 0.6) is 0 Å². The second-order valence-corrected chi connectivity index (χ2v) is 7.64. The highest BCUT2D eigenvalue weighted by molar-refractivity contribution is 7.81. The normalized spacial score (nSPS) is 12.5. The Morgan fingerprint density at radius 2 is 2.00 bits per heavy atom. The average molecular weight is 379 g/mol. The Morgan fingerprint density at radius 3 is 2.42 bits per heavy atom. The summed E-state index contributed by atoms with van der Waals surface area (Å²) in [4.78, 5) is 28.1. The minimum Gasteiger partial charge on any atom is -0.480 e. The number of aliphatic carboxylic acids is 1. The van der Waals surface area contributed by atoms with Crippen LogP contribution in [0.25, 0.3) is 0 Å². The summed E-state index contributed by atoms with van der Waals surface area (Å²) in [6, 6.07) is 0. The summed E-state index contributed by atoms with van der Waals surface area (Å²) in [7, 11) is 0. The first-order valence-electron chi connectivity index (χ1n) is 7.00. The first kappa shape index (κ1) is 20.3. The first-order chi connectivity index (χ1) is 11.0. The maximum atomic E-state index is 12.1. The summed E-state index contributed by atoms with van der Waals surface area (Å²) in [6.07, 6.45) is -0.802. The highest BCUT2D eigenvalue weighted by Crippen LogP contribution is 2.21. The predicted octanol–water partition coefficient (Wildman–Crippen LogP) is 1.72. The lowest BCUT2D eigenvalue weighted by molar-refractivity contribution is -0.138. The number of carboxylic acid groups (broad SMARTS) is 1. The fourth-order valence-electron chi connectivity index (χ4n) is 1.63. The number of carbonyl (C=O) groups excluding carboxylic acids is 1. The Bertz CT molecular complexity index is 613. The molecule has 1 amide bonds. The summed E-state index contributed by atoms with van der Waals surface area (Å²) in [5.41, 5.74) is -0.0836. The largest absolute Gasteiger partial charge is 0.480 e. The third-order valence-electron chi connectivity index (χ3n) is 2.56. The molecule has 0 radical (unpaired) electrons. The van der Waals surface area contributed by atoms with E-state index in [4.69, 9.17) is 9.84 Å². The van der Waals surface area contributed by atoms with Crippen molar-refractivity contribution in [3.63, 3.8) is 0 Å². The molecule has 11 heteroatoms. The van der Waals surface area contributed by atoms with Gasteiger partial charge in [-0.05, 0) is 27.7 Å². The third-order valence-corrected chi connectivity index (χ3v) is 4.39. The first-order valence-corrected chi connectivity index (χ1v) is 8.94. The second-order valence-electron chi connectivity index (χ2n) is 5.90. The van der Waals surface area contributed by atoms with E-state index in [1.165, 1.54) is 11.3 Å². The maximum absolute atomic E-state index is 12.1. The fraction of sp³-hybridized carbons (Fsp3) is 0.615. The van der Waals surface area contributed by atoms with Gasteiger partial charge in [-0.2, -0.15) is 0 Å². The van der Waals surface area contributed by atoms with Gasteiger partial charge in [-0.3, -0.25) is 14.2 Å². The Balaban J connectivity index is 2.83. The van der Waals surface area contributed by atoms with Gasteiger partial charge >= 0.3 is 12.1 Å². The smallest absolute Gasteiger partial charge is 0.410 e. The second kappa shape index (κ2) is 8.40. The minimum absolute atomic E-state index is 0.0669. The van der Waals surface area contributed by atoms with Crippen LogP contribution >= 0.6 is 11.3 Å². The number of nitrogens with zero attached hydrogens (tertiary/aromatic N) is 3. The van der Waals surface area contributed by atoms with Gasteiger partial charge in [-0.25, -0.2) is 18.3 Å². The zero-order chi connectivity index (χ0) is 18.5. The van der Waals surface area contributed by atoms with E-state index in [9.17, 15) is 18.4 Å². The molecule has 1 atom stereocenters. The zero-order valence-corrected chi connectivity index (χ0v) is 15.5. The molecule has 1 heterocycles. The zero-order valence-electron chi connectivity index (χ0n) is 13.9. The van der Waals surface area contributed by atoms with Gasteiger partial charge in [-0.15, -0.1) is 11.3 Å². The van der Waals surface area contributed by atoms with Crippen LogP contribution in [0.3, 0.4) is 0 Å². The van der Waals surface area contributed by atoms with Crippen molar-refractivity contribution < 1.29 is 28.2 Å². The van der Waals surface area contributed by atoms with Crippen molar-refractivity contribution in [1.29, 1.82) is 0 Å². The maximum Gasteiger partial charge on any atom is 0.410 e. The number of carboxylic acids is 1. The molecular formula is C13H21N3O6S2. The molecule has 0 fully saturated rings. The van der Waals surface area contributed by atoms with Crippen LogP contribution in [0.2, 0.25) is 0 Å². The number of hydrogen-bond donors (Lipinski definition) is 2. The van der Waals surface area contributed by atoms with E-state index >= 15 is 0 Å². The number of aryl methyl sites for hydroxylation is 1. The van der Waals surface area contributed by atoms with Gasteiger partial charge in [-0.1, -0.05) is 0 Å². The van der Waals surface area contributed by atoms with E-state index < -0.39 is 35.5 Å². The molecule has 1 unspecified atom stereocenters. The van der Waals surface area contributed by atoms with Crippen LogP contribution in [-0.4, -0.2) is 61.0 Å². The summed E-state index contributed by atoms with van der Waals surface area (Å²) < 4.78 is 27.1. The van der Waals surface area contributed by atoms with Gasteiger partial charge in [0.1, 0.15) is 12.1 Å². The molecule has 1 aromatic heterocycles. The lowest BCUT2D eigenvalue weighted by Crippen LogP contribution is -2.44. The minimum atomic E-state index is -2.35. The van der Waals surface area contributed by atoms with Crippen molar-refractivity contribution in [1.82, 2.24) is 9.88 Å². The number of hydrogen-bond acceptors (Lipinski definition) is 6. The molecule has 0 aliphatic carbocycles. The van der Waals surface area contributed by atoms with Crippen molar-refractivity contribution in [2.24, 2.45) is 0 Å². The van der Waals surface area contributed by atoms with Gasteiger partial charge in [0, 0.05) is 11.9 Å². The van der Waals surface area contributed by atoms with E-state index in [1.807, 2.05) is 0 Å². The molecule has 0 aliphatic heterocycles. The van der Waals surface area contributed by atoms with Gasteiger partial charge in [0.25, 0.3) is 11.3 Å². The van der Waals surface area contributed by atoms with Crippen LogP contribution in [-0.2, 0) is 20.8 Å². The summed E-state index contributed by atoms with van der Waals surface area (Å²) in [5, 5.41) is 11.0. The van der Waals surface area contributed by atoms with Crippen molar-refractivity contribution in [3.05, 3.63) is 11.1 Å². The van der Waals surface area contributed by atoms with Gasteiger partial charge in [0.05, 0.1) is 12.2 Å². The summed E-state index contributed by atoms with van der Waals surface area (Å²) >= 11 is -1.17. The highest BCUT2D eigenvalue weighted by atomic mass is 32.2. The number of rotatable bonds is 7. The molecule has 0 aliphatic rings. The lowest BCUT2D eigenvalue weighted by Gasteiger charge is -2.27. The molecule has 2 N–H and O–H groups in total. The van der Waals surface area contributed by atoms with Crippen LogP contribution in [0.15, 0.2) is 5.38 Å². The molecule has 1 aromatic rings. The molecule has 0 spiro atoms. The number of thiazole rings is 1. The average Bonchev–Trinajstić information content (AvgIpc) is 2.81. The molecule has 0 bridgehead atoms. The van der Waals surface area contributed by atoms with Gasteiger partial charge < -0.3 is 9.84 Å². The number of amides is 1. The van der Waals surface area contributed by atoms with Crippen LogP contribution in [0, 0.1) is 6.92 Å². The Kier molecular flexibility index (Phi) is 7.11. The van der Waals surface area contributed by atoms with Gasteiger partial charge in [0.15, 0.2) is 5.13 Å². The van der Waals surface area contributed by atoms with Gasteiger partial charge in [0.2, 0.25) is 0 Å².